The fourth-order valence-electron chi connectivity index (χ4n) is 7.80. The molecule has 0 fully saturated rings. The topological polar surface area (TPSA) is 34.1 Å². The average molecular weight is 589 g/mol. The molecule has 0 radical (unpaired) electrons. The van der Waals surface area contributed by atoms with E-state index in [1.54, 1.807) is 0 Å². The van der Waals surface area contributed by atoms with Crippen molar-refractivity contribution in [2.75, 3.05) is 0 Å². The maximum Gasteiger partial charge on any atom is 0.211 e. The monoisotopic (exact) mass is 588 g/mol. The Hall–Kier alpha value is -5.86. The van der Waals surface area contributed by atoms with Crippen molar-refractivity contribution in [3.63, 3.8) is 0 Å². The van der Waals surface area contributed by atoms with Crippen LogP contribution in [0, 0.1) is 0 Å². The quantitative estimate of drug-likeness (QED) is 0.192. The first-order valence-corrected chi connectivity index (χ1v) is 15.8. The molecule has 0 N–H and O–H groups in total. The van der Waals surface area contributed by atoms with E-state index in [4.69, 9.17) is 0 Å². The van der Waals surface area contributed by atoms with Crippen molar-refractivity contribution in [1.82, 2.24) is 0 Å². The van der Waals surface area contributed by atoms with E-state index in [2.05, 4.69) is 121 Å². The van der Waals surface area contributed by atoms with Gasteiger partial charge in [-0.2, -0.15) is 0 Å². The molecule has 2 atom stereocenters. The Labute approximate surface area is 267 Å². The van der Waals surface area contributed by atoms with E-state index in [9.17, 15) is 9.59 Å². The van der Waals surface area contributed by atoms with Crippen LogP contribution in [0.5, 0.6) is 0 Å². The molecular weight excluding hydrogens is 560 g/mol. The Morgan fingerprint density at radius 3 is 1.00 bits per heavy atom. The maximum atomic E-state index is 14.0. The summed E-state index contributed by atoms with van der Waals surface area (Å²) in [6, 6.07) is 54.5. The van der Waals surface area contributed by atoms with E-state index in [-0.39, 0.29) is 11.6 Å². The van der Waals surface area contributed by atoms with Crippen molar-refractivity contribution in [2.45, 2.75) is 11.8 Å². The van der Waals surface area contributed by atoms with Crippen LogP contribution in [0.1, 0.15) is 34.1 Å². The molecule has 0 aliphatic heterocycles. The second-order valence-electron chi connectivity index (χ2n) is 12.2. The number of hydrogen-bond acceptors (Lipinski definition) is 2. The van der Waals surface area contributed by atoms with Gasteiger partial charge >= 0.3 is 0 Å². The molecule has 7 aromatic rings. The Morgan fingerprint density at radius 2 is 0.609 bits per heavy atom. The third-order valence-corrected chi connectivity index (χ3v) is 9.82. The Balaban J connectivity index is 1.34. The highest BCUT2D eigenvalue weighted by atomic mass is 16.2. The zero-order chi connectivity index (χ0) is 30.8. The minimum absolute atomic E-state index is 0.306. The van der Waals surface area contributed by atoms with Crippen molar-refractivity contribution in [3.8, 4) is 44.5 Å². The summed E-state index contributed by atoms with van der Waals surface area (Å²) in [5.74, 6) is -1.89. The summed E-state index contributed by atoms with van der Waals surface area (Å²) in [6.45, 7) is 0. The minimum Gasteiger partial charge on any atom is -0.290 e. The van der Waals surface area contributed by atoms with Gasteiger partial charge in [0.05, 0.1) is 11.8 Å². The number of benzene rings is 7. The third kappa shape index (κ3) is 3.90. The molecule has 0 spiro atoms. The van der Waals surface area contributed by atoms with Crippen LogP contribution in [0.4, 0.5) is 0 Å². The molecule has 0 heterocycles. The standard InChI is InChI=1S/C44H28O2/c45-43-39-35-17-9-10-18-36(35)40(44(43)46)42-38(32-25-21-30(22-26-32)28-13-5-2-6-14-28)34-16-8-7-15-33(34)37(41(39)42)31-23-19-29(20-24-31)27-11-3-1-4-12-27/h1-26,39-40H. The maximum absolute atomic E-state index is 14.0. The van der Waals surface area contributed by atoms with E-state index in [0.29, 0.717) is 0 Å². The summed E-state index contributed by atoms with van der Waals surface area (Å²) in [5.41, 5.74) is 12.6. The third-order valence-electron chi connectivity index (χ3n) is 9.82. The van der Waals surface area contributed by atoms with Crippen molar-refractivity contribution >= 4 is 22.3 Å². The molecule has 7 aromatic carbocycles. The van der Waals surface area contributed by atoms with Gasteiger partial charge in [0.1, 0.15) is 0 Å². The van der Waals surface area contributed by atoms with Crippen LogP contribution in [0.15, 0.2) is 158 Å². The summed E-state index contributed by atoms with van der Waals surface area (Å²) in [4.78, 5) is 27.9. The van der Waals surface area contributed by atoms with Gasteiger partial charge in [-0.05, 0) is 77.5 Å². The number of Topliss-reactive ketones (excluding diaryl/α,β-unsaturated/α-hetero) is 2. The summed E-state index contributed by atoms with van der Waals surface area (Å²) < 4.78 is 0. The van der Waals surface area contributed by atoms with Gasteiger partial charge in [-0.1, -0.05) is 158 Å². The average Bonchev–Trinajstić information content (AvgIpc) is 3.13. The van der Waals surface area contributed by atoms with Gasteiger partial charge in [0, 0.05) is 0 Å². The fourth-order valence-corrected chi connectivity index (χ4v) is 7.80. The summed E-state index contributed by atoms with van der Waals surface area (Å²) in [7, 11) is 0. The predicted molar refractivity (Wildman–Crippen MR) is 186 cm³/mol. The molecule has 2 nitrogen and oxygen atoms in total. The second-order valence-corrected chi connectivity index (χ2v) is 12.2. The Bertz CT molecular complexity index is 2150. The van der Waals surface area contributed by atoms with Crippen LogP contribution in [0.25, 0.3) is 55.3 Å². The number of rotatable bonds is 4. The van der Waals surface area contributed by atoms with Crippen LogP contribution < -0.4 is 0 Å². The molecule has 216 valence electrons. The fraction of sp³-hybridized carbons (Fsp3) is 0.0455. The molecule has 3 aliphatic carbocycles. The second kappa shape index (κ2) is 10.4. The highest BCUT2D eigenvalue weighted by Crippen LogP contribution is 2.57. The zero-order valence-electron chi connectivity index (χ0n) is 25.0. The number of hydrogen-bond donors (Lipinski definition) is 0. The molecule has 0 saturated carbocycles. The van der Waals surface area contributed by atoms with Gasteiger partial charge in [0.15, 0.2) is 0 Å². The number of fused-ring (bicyclic) bond motifs is 2. The van der Waals surface area contributed by atoms with Crippen molar-refractivity contribution in [3.05, 3.63) is 180 Å². The summed E-state index contributed by atoms with van der Waals surface area (Å²) >= 11 is 0. The molecular formula is C44H28O2. The number of carbonyl (C=O) groups excluding carboxylic acids is 2. The zero-order valence-corrected chi connectivity index (χ0v) is 25.0. The van der Waals surface area contributed by atoms with Crippen LogP contribution in [0.2, 0.25) is 0 Å². The molecule has 10 rings (SSSR count). The summed E-state index contributed by atoms with van der Waals surface area (Å²) in [5, 5.41) is 2.17. The van der Waals surface area contributed by atoms with Gasteiger partial charge in [0.25, 0.3) is 0 Å². The van der Waals surface area contributed by atoms with Crippen LogP contribution in [-0.4, -0.2) is 11.6 Å². The van der Waals surface area contributed by atoms with Gasteiger partial charge in [-0.15, -0.1) is 0 Å². The van der Waals surface area contributed by atoms with Crippen molar-refractivity contribution < 1.29 is 9.59 Å². The highest BCUT2D eigenvalue weighted by molar-refractivity contribution is 6.46. The first kappa shape index (κ1) is 26.5. The molecule has 2 heteroatoms. The lowest BCUT2D eigenvalue weighted by atomic mass is 9.59. The predicted octanol–water partition coefficient (Wildman–Crippen LogP) is 10.2. The lowest BCUT2D eigenvalue weighted by molar-refractivity contribution is -0.138. The largest absolute Gasteiger partial charge is 0.290 e. The Morgan fingerprint density at radius 1 is 0.304 bits per heavy atom. The number of carbonyl (C=O) groups is 2. The lowest BCUT2D eigenvalue weighted by Gasteiger charge is -2.41. The van der Waals surface area contributed by atoms with Crippen LogP contribution in [0.3, 0.4) is 0 Å². The first-order valence-electron chi connectivity index (χ1n) is 15.8. The molecule has 2 bridgehead atoms. The van der Waals surface area contributed by atoms with Crippen molar-refractivity contribution in [1.29, 1.82) is 0 Å². The lowest BCUT2D eigenvalue weighted by Crippen LogP contribution is -2.41. The van der Waals surface area contributed by atoms with E-state index < -0.39 is 11.8 Å². The van der Waals surface area contributed by atoms with Gasteiger partial charge < -0.3 is 0 Å². The first-order chi connectivity index (χ1) is 22.7. The van der Waals surface area contributed by atoms with Crippen LogP contribution in [-0.2, 0) is 9.59 Å². The Kier molecular flexibility index (Phi) is 5.97. The minimum atomic E-state index is -0.639. The SMILES string of the molecule is O=C1C(=O)C2c3ccccc3C1c1c2c(-c2ccc(-c3ccccc3)cc2)c2ccccc2c1-c1ccc(-c2ccccc2)cc1. The highest BCUT2D eigenvalue weighted by Gasteiger charge is 2.51. The van der Waals surface area contributed by atoms with E-state index >= 15 is 0 Å². The summed E-state index contributed by atoms with van der Waals surface area (Å²) in [6.07, 6.45) is 0. The molecule has 0 amide bonds. The smallest absolute Gasteiger partial charge is 0.211 e. The van der Waals surface area contributed by atoms with E-state index in [1.165, 1.54) is 0 Å². The molecule has 0 saturated heterocycles. The van der Waals surface area contributed by atoms with Gasteiger partial charge in [-0.3, -0.25) is 9.59 Å². The normalized spacial score (nSPS) is 16.3. The van der Waals surface area contributed by atoms with Gasteiger partial charge in [0.2, 0.25) is 11.6 Å². The van der Waals surface area contributed by atoms with E-state index in [1.807, 2.05) is 36.4 Å². The number of ketones is 2. The van der Waals surface area contributed by atoms with Gasteiger partial charge in [-0.25, -0.2) is 0 Å². The van der Waals surface area contributed by atoms with Crippen molar-refractivity contribution in [2.24, 2.45) is 0 Å². The van der Waals surface area contributed by atoms with Crippen LogP contribution >= 0.6 is 0 Å². The molecule has 0 aromatic heterocycles. The van der Waals surface area contributed by atoms with E-state index in [0.717, 1.165) is 77.5 Å². The molecule has 3 aliphatic rings. The molecule has 2 unspecified atom stereocenters. The molecule has 46 heavy (non-hydrogen) atoms.